The van der Waals surface area contributed by atoms with Crippen LogP contribution in [0.15, 0.2) is 30.3 Å². The summed E-state index contributed by atoms with van der Waals surface area (Å²) in [7, 11) is 0. The molecule has 0 aliphatic heterocycles. The van der Waals surface area contributed by atoms with Crippen molar-refractivity contribution in [3.8, 4) is 5.69 Å². The van der Waals surface area contributed by atoms with Crippen molar-refractivity contribution in [2.45, 2.75) is 13.8 Å². The number of benzene rings is 1. The summed E-state index contributed by atoms with van der Waals surface area (Å²) < 4.78 is 1.94. The molecule has 0 atom stereocenters. The first-order valence-electron chi connectivity index (χ1n) is 4.47. The van der Waals surface area contributed by atoms with Crippen LogP contribution in [0.3, 0.4) is 0 Å². The second kappa shape index (κ2) is 3.46. The van der Waals surface area contributed by atoms with E-state index in [1.54, 1.807) is 0 Å². The summed E-state index contributed by atoms with van der Waals surface area (Å²) in [6.45, 7) is 3.86. The second-order valence-corrected chi connectivity index (χ2v) is 3.56. The number of nitrogens with zero attached hydrogens (tertiary/aromatic N) is 2. The SMILES string of the molecule is Cc1nc(C)n(-c2ccccc2)c1Cl. The summed E-state index contributed by atoms with van der Waals surface area (Å²) in [5, 5.41) is 0.689. The number of para-hydroxylation sites is 1. The summed E-state index contributed by atoms with van der Waals surface area (Å²) in [5.41, 5.74) is 1.92. The molecular weight excluding hydrogens is 196 g/mol. The third kappa shape index (κ3) is 1.42. The van der Waals surface area contributed by atoms with Gasteiger partial charge in [0, 0.05) is 5.69 Å². The first kappa shape index (κ1) is 9.28. The minimum Gasteiger partial charge on any atom is -0.287 e. The Labute approximate surface area is 88.2 Å². The third-order valence-corrected chi connectivity index (χ3v) is 2.60. The normalized spacial score (nSPS) is 10.5. The molecule has 1 aromatic heterocycles. The Morgan fingerprint density at radius 2 is 1.79 bits per heavy atom. The fourth-order valence-electron chi connectivity index (χ4n) is 1.52. The molecule has 0 bridgehead atoms. The van der Waals surface area contributed by atoms with Gasteiger partial charge in [-0.3, -0.25) is 4.57 Å². The molecule has 0 amide bonds. The molecule has 0 aliphatic rings. The maximum Gasteiger partial charge on any atom is 0.136 e. The molecule has 2 rings (SSSR count). The second-order valence-electron chi connectivity index (χ2n) is 3.21. The first-order chi connectivity index (χ1) is 6.70. The van der Waals surface area contributed by atoms with Gasteiger partial charge < -0.3 is 0 Å². The summed E-state index contributed by atoms with van der Waals surface area (Å²) in [5.74, 6) is 0.915. The van der Waals surface area contributed by atoms with Crippen molar-refractivity contribution in [1.82, 2.24) is 9.55 Å². The van der Waals surface area contributed by atoms with Crippen LogP contribution in [0, 0.1) is 13.8 Å². The van der Waals surface area contributed by atoms with E-state index < -0.39 is 0 Å². The standard InChI is InChI=1S/C11H11ClN2/c1-8-11(12)14(9(2)13-8)10-6-4-3-5-7-10/h3-7H,1-2H3. The summed E-state index contributed by atoms with van der Waals surface area (Å²) in [6, 6.07) is 9.98. The van der Waals surface area contributed by atoms with E-state index in [1.165, 1.54) is 0 Å². The molecule has 0 aliphatic carbocycles. The summed E-state index contributed by atoms with van der Waals surface area (Å²) in [6.07, 6.45) is 0. The topological polar surface area (TPSA) is 17.8 Å². The first-order valence-corrected chi connectivity index (χ1v) is 4.85. The molecule has 0 unspecified atom stereocenters. The zero-order valence-corrected chi connectivity index (χ0v) is 8.92. The zero-order valence-electron chi connectivity index (χ0n) is 8.16. The van der Waals surface area contributed by atoms with E-state index in [4.69, 9.17) is 11.6 Å². The van der Waals surface area contributed by atoms with Crippen LogP contribution in [0.5, 0.6) is 0 Å². The molecule has 3 heteroatoms. The van der Waals surface area contributed by atoms with Crippen molar-refractivity contribution in [3.63, 3.8) is 0 Å². The van der Waals surface area contributed by atoms with Crippen LogP contribution in [0.2, 0.25) is 5.15 Å². The number of hydrogen-bond acceptors (Lipinski definition) is 1. The Bertz CT molecular complexity index is 446. The van der Waals surface area contributed by atoms with E-state index in [0.29, 0.717) is 5.15 Å². The number of rotatable bonds is 1. The highest BCUT2D eigenvalue weighted by atomic mass is 35.5. The van der Waals surface area contributed by atoms with E-state index in [1.807, 2.05) is 48.7 Å². The Balaban J connectivity index is 2.62. The average Bonchev–Trinajstić information content (AvgIpc) is 2.43. The zero-order chi connectivity index (χ0) is 10.1. The van der Waals surface area contributed by atoms with Crippen molar-refractivity contribution < 1.29 is 0 Å². The molecule has 1 heterocycles. The van der Waals surface area contributed by atoms with Gasteiger partial charge >= 0.3 is 0 Å². The molecule has 2 aromatic rings. The van der Waals surface area contributed by atoms with E-state index in [-0.39, 0.29) is 0 Å². The predicted molar refractivity (Wildman–Crippen MR) is 58.0 cm³/mol. The molecule has 0 N–H and O–H groups in total. The Kier molecular flexibility index (Phi) is 2.30. The predicted octanol–water partition coefficient (Wildman–Crippen LogP) is 3.14. The van der Waals surface area contributed by atoms with Gasteiger partial charge in [-0.1, -0.05) is 29.8 Å². The maximum absolute atomic E-state index is 6.15. The highest BCUT2D eigenvalue weighted by Crippen LogP contribution is 2.21. The van der Waals surface area contributed by atoms with Crippen molar-refractivity contribution in [1.29, 1.82) is 0 Å². The molecular formula is C11H11ClN2. The highest BCUT2D eigenvalue weighted by molar-refractivity contribution is 6.30. The van der Waals surface area contributed by atoms with Crippen LogP contribution in [0.1, 0.15) is 11.5 Å². The number of aryl methyl sites for hydroxylation is 2. The quantitative estimate of drug-likeness (QED) is 0.701. The van der Waals surface area contributed by atoms with Crippen LogP contribution in [-0.2, 0) is 0 Å². The molecule has 72 valence electrons. The van der Waals surface area contributed by atoms with Gasteiger partial charge in [-0.2, -0.15) is 0 Å². The molecule has 1 aromatic carbocycles. The lowest BCUT2D eigenvalue weighted by Crippen LogP contribution is -1.96. The van der Waals surface area contributed by atoms with Gasteiger partial charge in [0.1, 0.15) is 11.0 Å². The Morgan fingerprint density at radius 1 is 1.14 bits per heavy atom. The van der Waals surface area contributed by atoms with Gasteiger partial charge in [0.25, 0.3) is 0 Å². The van der Waals surface area contributed by atoms with Crippen LogP contribution in [-0.4, -0.2) is 9.55 Å². The van der Waals surface area contributed by atoms with E-state index in [9.17, 15) is 0 Å². The van der Waals surface area contributed by atoms with Crippen molar-refractivity contribution in [2.75, 3.05) is 0 Å². The average molecular weight is 207 g/mol. The van der Waals surface area contributed by atoms with Crippen molar-refractivity contribution in [2.24, 2.45) is 0 Å². The van der Waals surface area contributed by atoms with Crippen LogP contribution < -0.4 is 0 Å². The fourth-order valence-corrected chi connectivity index (χ4v) is 1.78. The lowest BCUT2D eigenvalue weighted by molar-refractivity contribution is 0.975. The molecule has 14 heavy (non-hydrogen) atoms. The highest BCUT2D eigenvalue weighted by Gasteiger charge is 2.09. The lowest BCUT2D eigenvalue weighted by atomic mass is 10.3. The molecule has 0 spiro atoms. The smallest absolute Gasteiger partial charge is 0.136 e. The van der Waals surface area contributed by atoms with Gasteiger partial charge in [0.2, 0.25) is 0 Å². The Morgan fingerprint density at radius 3 is 2.29 bits per heavy atom. The van der Waals surface area contributed by atoms with Crippen LogP contribution in [0.4, 0.5) is 0 Å². The van der Waals surface area contributed by atoms with E-state index in [2.05, 4.69) is 4.98 Å². The summed E-state index contributed by atoms with van der Waals surface area (Å²) >= 11 is 6.15. The summed E-state index contributed by atoms with van der Waals surface area (Å²) in [4.78, 5) is 4.32. The molecule has 0 fully saturated rings. The number of halogens is 1. The van der Waals surface area contributed by atoms with Gasteiger partial charge in [0.15, 0.2) is 0 Å². The van der Waals surface area contributed by atoms with Crippen molar-refractivity contribution >= 4 is 11.6 Å². The minimum absolute atomic E-state index is 0.689. The van der Waals surface area contributed by atoms with E-state index in [0.717, 1.165) is 17.2 Å². The van der Waals surface area contributed by atoms with Crippen LogP contribution >= 0.6 is 11.6 Å². The Hall–Kier alpha value is -1.28. The maximum atomic E-state index is 6.15. The number of imidazole rings is 1. The van der Waals surface area contributed by atoms with Crippen LogP contribution in [0.25, 0.3) is 5.69 Å². The van der Waals surface area contributed by atoms with Gasteiger partial charge in [-0.15, -0.1) is 0 Å². The minimum atomic E-state index is 0.689. The molecule has 0 saturated carbocycles. The largest absolute Gasteiger partial charge is 0.287 e. The number of aromatic nitrogens is 2. The number of hydrogen-bond donors (Lipinski definition) is 0. The molecule has 0 saturated heterocycles. The molecule has 0 radical (unpaired) electrons. The van der Waals surface area contributed by atoms with Gasteiger partial charge in [0.05, 0.1) is 5.69 Å². The van der Waals surface area contributed by atoms with Crippen molar-refractivity contribution in [3.05, 3.63) is 47.0 Å². The fraction of sp³-hybridized carbons (Fsp3) is 0.182. The molecule has 2 nitrogen and oxygen atoms in total. The van der Waals surface area contributed by atoms with Gasteiger partial charge in [-0.05, 0) is 26.0 Å². The monoisotopic (exact) mass is 206 g/mol. The third-order valence-electron chi connectivity index (χ3n) is 2.16. The van der Waals surface area contributed by atoms with Gasteiger partial charge in [-0.25, -0.2) is 4.98 Å². The van der Waals surface area contributed by atoms with E-state index >= 15 is 0 Å². The lowest BCUT2D eigenvalue weighted by Gasteiger charge is -2.05.